The molecular formula is C9H13N3. The molecule has 2 aromatic rings. The Morgan fingerprint density at radius 3 is 2.75 bits per heavy atom. The van der Waals surface area contributed by atoms with E-state index in [1.807, 2.05) is 31.5 Å². The summed E-state index contributed by atoms with van der Waals surface area (Å²) in [5.41, 5.74) is 2.07. The third-order valence-electron chi connectivity index (χ3n) is 1.53. The van der Waals surface area contributed by atoms with Crippen molar-refractivity contribution in [2.45, 2.75) is 13.8 Å². The average Bonchev–Trinajstić information content (AvgIpc) is 2.53. The first-order chi connectivity index (χ1) is 5.88. The Morgan fingerprint density at radius 2 is 2.08 bits per heavy atom. The number of hydrogen-bond acceptors (Lipinski definition) is 2. The zero-order chi connectivity index (χ0) is 8.97. The summed E-state index contributed by atoms with van der Waals surface area (Å²) >= 11 is 0. The van der Waals surface area contributed by atoms with Gasteiger partial charge in [-0.2, -0.15) is 0 Å². The quantitative estimate of drug-likeness (QED) is 0.594. The van der Waals surface area contributed by atoms with Gasteiger partial charge in [-0.1, -0.05) is 13.8 Å². The van der Waals surface area contributed by atoms with Crippen molar-refractivity contribution >= 4 is 11.0 Å². The van der Waals surface area contributed by atoms with Crippen molar-refractivity contribution in [2.75, 3.05) is 0 Å². The lowest BCUT2D eigenvalue weighted by molar-refractivity contribution is 0.947. The van der Waals surface area contributed by atoms with Gasteiger partial charge in [-0.25, -0.2) is 4.98 Å². The van der Waals surface area contributed by atoms with E-state index in [4.69, 9.17) is 0 Å². The largest absolute Gasteiger partial charge is 0.334 e. The van der Waals surface area contributed by atoms with Gasteiger partial charge in [0, 0.05) is 13.2 Å². The molecule has 0 aliphatic rings. The second-order valence-corrected chi connectivity index (χ2v) is 2.22. The fraction of sp³-hybridized carbons (Fsp3) is 0.333. The normalized spacial score (nSPS) is 9.25. The second kappa shape index (κ2) is 3.85. The van der Waals surface area contributed by atoms with Gasteiger partial charge >= 0.3 is 0 Å². The molecule has 0 radical (unpaired) electrons. The van der Waals surface area contributed by atoms with Gasteiger partial charge in [0.25, 0.3) is 0 Å². The van der Waals surface area contributed by atoms with Gasteiger partial charge in [0.1, 0.15) is 5.52 Å². The second-order valence-electron chi connectivity index (χ2n) is 2.22. The summed E-state index contributed by atoms with van der Waals surface area (Å²) in [4.78, 5) is 8.07. The van der Waals surface area contributed by atoms with Crippen molar-refractivity contribution in [3.63, 3.8) is 0 Å². The molecule has 0 unspecified atom stereocenters. The molecule has 0 bridgehead atoms. The summed E-state index contributed by atoms with van der Waals surface area (Å²) in [6.07, 6.45) is 5.31. The van der Waals surface area contributed by atoms with Crippen LogP contribution in [0.3, 0.4) is 0 Å². The van der Waals surface area contributed by atoms with Crippen LogP contribution in [0.5, 0.6) is 0 Å². The zero-order valence-electron chi connectivity index (χ0n) is 7.65. The van der Waals surface area contributed by atoms with E-state index in [9.17, 15) is 0 Å². The molecular weight excluding hydrogens is 150 g/mol. The Balaban J connectivity index is 0.000000336. The third-order valence-corrected chi connectivity index (χ3v) is 1.53. The van der Waals surface area contributed by atoms with Crippen LogP contribution < -0.4 is 0 Å². The lowest BCUT2D eigenvalue weighted by atomic mass is 10.4. The topological polar surface area (TPSA) is 30.7 Å². The third kappa shape index (κ3) is 1.44. The van der Waals surface area contributed by atoms with Gasteiger partial charge in [0.15, 0.2) is 0 Å². The number of aryl methyl sites for hydroxylation is 1. The predicted molar refractivity (Wildman–Crippen MR) is 49.9 cm³/mol. The van der Waals surface area contributed by atoms with Crippen molar-refractivity contribution in [1.29, 1.82) is 0 Å². The minimum absolute atomic E-state index is 0.949. The maximum absolute atomic E-state index is 4.12. The van der Waals surface area contributed by atoms with Crippen molar-refractivity contribution in [3.8, 4) is 0 Å². The van der Waals surface area contributed by atoms with Gasteiger partial charge in [-0.15, -0.1) is 0 Å². The molecule has 12 heavy (non-hydrogen) atoms. The van der Waals surface area contributed by atoms with Gasteiger partial charge in [0.2, 0.25) is 0 Å². The molecule has 0 saturated heterocycles. The number of fused-ring (bicyclic) bond motifs is 1. The number of imidazole rings is 1. The lowest BCUT2D eigenvalue weighted by Crippen LogP contribution is -1.82. The van der Waals surface area contributed by atoms with Crippen LogP contribution in [0.2, 0.25) is 0 Å². The van der Waals surface area contributed by atoms with E-state index < -0.39 is 0 Å². The smallest absolute Gasteiger partial charge is 0.107 e. The van der Waals surface area contributed by atoms with Gasteiger partial charge in [-0.3, -0.25) is 4.98 Å². The van der Waals surface area contributed by atoms with Crippen LogP contribution in [0.1, 0.15) is 13.8 Å². The highest BCUT2D eigenvalue weighted by molar-refractivity contribution is 5.73. The maximum Gasteiger partial charge on any atom is 0.107 e. The minimum atomic E-state index is 0.949. The molecule has 2 heterocycles. The van der Waals surface area contributed by atoms with Crippen LogP contribution in [-0.4, -0.2) is 14.5 Å². The zero-order valence-corrected chi connectivity index (χ0v) is 7.65. The molecule has 0 aliphatic heterocycles. The molecule has 64 valence electrons. The molecule has 0 aromatic carbocycles. The van der Waals surface area contributed by atoms with E-state index in [2.05, 4.69) is 9.97 Å². The Morgan fingerprint density at radius 1 is 1.33 bits per heavy atom. The molecule has 0 saturated carbocycles. The summed E-state index contributed by atoms with van der Waals surface area (Å²) in [6.45, 7) is 4.00. The molecule has 2 rings (SSSR count). The monoisotopic (exact) mass is 163 g/mol. The minimum Gasteiger partial charge on any atom is -0.334 e. The number of aromatic nitrogens is 3. The summed E-state index contributed by atoms with van der Waals surface area (Å²) in [5, 5.41) is 0. The summed E-state index contributed by atoms with van der Waals surface area (Å²) in [5.74, 6) is 0. The number of hydrogen-bond donors (Lipinski definition) is 0. The highest BCUT2D eigenvalue weighted by Crippen LogP contribution is 2.06. The van der Waals surface area contributed by atoms with Crippen molar-refractivity contribution in [2.24, 2.45) is 7.05 Å². The van der Waals surface area contributed by atoms with E-state index in [1.165, 1.54) is 0 Å². The molecule has 2 aromatic heterocycles. The highest BCUT2D eigenvalue weighted by Gasteiger charge is 1.94. The van der Waals surface area contributed by atoms with Crippen molar-refractivity contribution < 1.29 is 0 Å². The van der Waals surface area contributed by atoms with E-state index in [0.29, 0.717) is 0 Å². The van der Waals surface area contributed by atoms with Crippen LogP contribution in [-0.2, 0) is 7.05 Å². The molecule has 0 fully saturated rings. The fourth-order valence-electron chi connectivity index (χ4n) is 0.988. The number of rotatable bonds is 0. The summed E-state index contributed by atoms with van der Waals surface area (Å²) in [7, 11) is 1.97. The Bertz CT molecular complexity index is 351. The molecule has 3 nitrogen and oxygen atoms in total. The molecule has 0 spiro atoms. The van der Waals surface area contributed by atoms with E-state index >= 15 is 0 Å². The SMILES string of the molecule is CC.Cn1cnc2cnccc21. The van der Waals surface area contributed by atoms with Crippen LogP contribution in [0.25, 0.3) is 11.0 Å². The van der Waals surface area contributed by atoms with E-state index in [0.717, 1.165) is 11.0 Å². The van der Waals surface area contributed by atoms with Gasteiger partial charge in [0.05, 0.1) is 18.0 Å². The Kier molecular flexibility index (Phi) is 2.80. The molecule has 0 N–H and O–H groups in total. The van der Waals surface area contributed by atoms with Crippen molar-refractivity contribution in [3.05, 3.63) is 24.8 Å². The summed E-state index contributed by atoms with van der Waals surface area (Å²) < 4.78 is 1.97. The van der Waals surface area contributed by atoms with Crippen LogP contribution in [0, 0.1) is 0 Å². The van der Waals surface area contributed by atoms with E-state index in [-0.39, 0.29) is 0 Å². The highest BCUT2D eigenvalue weighted by atomic mass is 15.0. The first-order valence-corrected chi connectivity index (χ1v) is 4.09. The number of nitrogens with zero attached hydrogens (tertiary/aromatic N) is 3. The van der Waals surface area contributed by atoms with Crippen LogP contribution >= 0.6 is 0 Å². The lowest BCUT2D eigenvalue weighted by Gasteiger charge is -1.89. The molecule has 3 heteroatoms. The van der Waals surface area contributed by atoms with Gasteiger partial charge < -0.3 is 4.57 Å². The van der Waals surface area contributed by atoms with E-state index in [1.54, 1.807) is 18.7 Å². The average molecular weight is 163 g/mol. The first kappa shape index (κ1) is 8.71. The van der Waals surface area contributed by atoms with Crippen molar-refractivity contribution in [1.82, 2.24) is 14.5 Å². The van der Waals surface area contributed by atoms with Gasteiger partial charge in [-0.05, 0) is 6.07 Å². The summed E-state index contributed by atoms with van der Waals surface area (Å²) in [6, 6.07) is 1.95. The Labute approximate surface area is 72.1 Å². The first-order valence-electron chi connectivity index (χ1n) is 4.09. The fourth-order valence-corrected chi connectivity index (χ4v) is 0.988. The van der Waals surface area contributed by atoms with Crippen LogP contribution in [0.4, 0.5) is 0 Å². The Hall–Kier alpha value is -1.38. The standard InChI is InChI=1S/C7H7N3.C2H6/c1-10-5-9-6-4-8-3-2-7(6)10;1-2/h2-5H,1H3;1-2H3. The molecule has 0 amide bonds. The molecule has 0 atom stereocenters. The predicted octanol–water partition coefficient (Wildman–Crippen LogP) is 1.99. The molecule has 0 aliphatic carbocycles. The number of pyridine rings is 1. The van der Waals surface area contributed by atoms with Crippen LogP contribution in [0.15, 0.2) is 24.8 Å². The maximum atomic E-state index is 4.12.